The SMILES string of the molecule is CC(=O)NC1CN(c2ncnc3sccc23)CC1c1ccc(C)o1. The van der Waals surface area contributed by atoms with E-state index in [4.69, 9.17) is 4.42 Å². The molecule has 3 aromatic heterocycles. The number of hydrogen-bond donors (Lipinski definition) is 1. The third-order valence-corrected chi connectivity index (χ3v) is 5.20. The monoisotopic (exact) mass is 342 g/mol. The number of aromatic nitrogens is 2. The summed E-state index contributed by atoms with van der Waals surface area (Å²) in [5, 5.41) is 6.14. The van der Waals surface area contributed by atoms with Crippen LogP contribution in [0, 0.1) is 6.92 Å². The molecule has 1 amide bonds. The number of aryl methyl sites for hydroxylation is 1. The van der Waals surface area contributed by atoms with Crippen LogP contribution in [0.1, 0.15) is 24.4 Å². The second-order valence-corrected chi connectivity index (χ2v) is 7.00. The first-order chi connectivity index (χ1) is 11.6. The second-order valence-electron chi connectivity index (χ2n) is 6.10. The highest BCUT2D eigenvalue weighted by Gasteiger charge is 2.37. The summed E-state index contributed by atoms with van der Waals surface area (Å²) in [6.07, 6.45) is 1.60. The summed E-state index contributed by atoms with van der Waals surface area (Å²) in [6, 6.07) is 6.01. The summed E-state index contributed by atoms with van der Waals surface area (Å²) in [6.45, 7) is 4.93. The van der Waals surface area contributed by atoms with E-state index in [1.54, 1.807) is 24.6 Å². The van der Waals surface area contributed by atoms with Crippen LogP contribution in [0.15, 0.2) is 34.3 Å². The number of rotatable bonds is 3. The maximum atomic E-state index is 11.6. The molecule has 3 aromatic rings. The van der Waals surface area contributed by atoms with Gasteiger partial charge in [-0.2, -0.15) is 0 Å². The zero-order valence-electron chi connectivity index (χ0n) is 13.5. The molecule has 2 atom stereocenters. The topological polar surface area (TPSA) is 71.3 Å². The zero-order valence-corrected chi connectivity index (χ0v) is 14.3. The third kappa shape index (κ3) is 2.65. The molecule has 1 saturated heterocycles. The van der Waals surface area contributed by atoms with Gasteiger partial charge in [0.15, 0.2) is 0 Å². The fourth-order valence-corrected chi connectivity index (χ4v) is 4.08. The fraction of sp³-hybridized carbons (Fsp3) is 0.353. The van der Waals surface area contributed by atoms with Crippen LogP contribution in [0.5, 0.6) is 0 Å². The number of anilines is 1. The Morgan fingerprint density at radius 1 is 1.33 bits per heavy atom. The average Bonchev–Trinajstić information content (AvgIpc) is 3.25. The highest BCUT2D eigenvalue weighted by atomic mass is 32.1. The Balaban J connectivity index is 1.68. The Bertz CT molecular complexity index is 887. The zero-order chi connectivity index (χ0) is 16.7. The third-order valence-electron chi connectivity index (χ3n) is 4.38. The summed E-state index contributed by atoms with van der Waals surface area (Å²) in [7, 11) is 0. The molecule has 0 spiro atoms. The van der Waals surface area contributed by atoms with Crippen LogP contribution in [0.25, 0.3) is 10.2 Å². The number of amides is 1. The Morgan fingerprint density at radius 2 is 2.21 bits per heavy atom. The molecule has 0 aliphatic carbocycles. The molecule has 2 unspecified atom stereocenters. The van der Waals surface area contributed by atoms with Crippen LogP contribution < -0.4 is 10.2 Å². The first-order valence-electron chi connectivity index (χ1n) is 7.88. The van der Waals surface area contributed by atoms with Crippen LogP contribution in [0.4, 0.5) is 5.82 Å². The predicted octanol–water partition coefficient (Wildman–Crippen LogP) is 2.70. The molecule has 0 aromatic carbocycles. The van der Waals surface area contributed by atoms with Crippen molar-refractivity contribution in [2.45, 2.75) is 25.8 Å². The smallest absolute Gasteiger partial charge is 0.217 e. The van der Waals surface area contributed by atoms with Gasteiger partial charge in [-0.05, 0) is 30.5 Å². The van der Waals surface area contributed by atoms with E-state index in [9.17, 15) is 4.79 Å². The van der Waals surface area contributed by atoms with Crippen LogP contribution >= 0.6 is 11.3 Å². The summed E-state index contributed by atoms with van der Waals surface area (Å²) < 4.78 is 5.83. The lowest BCUT2D eigenvalue weighted by atomic mass is 10.0. The van der Waals surface area contributed by atoms with Gasteiger partial charge in [-0.15, -0.1) is 11.3 Å². The van der Waals surface area contributed by atoms with Gasteiger partial charge in [0.2, 0.25) is 5.91 Å². The summed E-state index contributed by atoms with van der Waals surface area (Å²) in [4.78, 5) is 23.6. The molecule has 0 saturated carbocycles. The minimum atomic E-state index is -0.0292. The van der Waals surface area contributed by atoms with Crippen molar-refractivity contribution in [2.24, 2.45) is 0 Å². The lowest BCUT2D eigenvalue weighted by molar-refractivity contribution is -0.119. The van der Waals surface area contributed by atoms with Gasteiger partial charge in [-0.3, -0.25) is 4.79 Å². The van der Waals surface area contributed by atoms with Crippen LogP contribution in [-0.2, 0) is 4.79 Å². The quantitative estimate of drug-likeness (QED) is 0.792. The molecule has 1 aliphatic heterocycles. The highest BCUT2D eigenvalue weighted by Crippen LogP contribution is 2.35. The molecule has 4 heterocycles. The highest BCUT2D eigenvalue weighted by molar-refractivity contribution is 7.16. The minimum absolute atomic E-state index is 0.00305. The van der Waals surface area contributed by atoms with Crippen molar-refractivity contribution in [2.75, 3.05) is 18.0 Å². The van der Waals surface area contributed by atoms with E-state index in [0.717, 1.165) is 34.1 Å². The molecule has 0 radical (unpaired) electrons. The van der Waals surface area contributed by atoms with Gasteiger partial charge in [-0.1, -0.05) is 0 Å². The van der Waals surface area contributed by atoms with Crippen LogP contribution in [-0.4, -0.2) is 35.0 Å². The number of thiophene rings is 1. The van der Waals surface area contributed by atoms with Gasteiger partial charge >= 0.3 is 0 Å². The Kier molecular flexibility index (Phi) is 3.72. The van der Waals surface area contributed by atoms with Crippen LogP contribution in [0.2, 0.25) is 0 Å². The molecule has 0 bridgehead atoms. The Morgan fingerprint density at radius 3 is 2.96 bits per heavy atom. The minimum Gasteiger partial charge on any atom is -0.466 e. The molecular formula is C17H18N4O2S. The number of furan rings is 1. The number of carbonyl (C=O) groups is 1. The van der Waals surface area contributed by atoms with Crippen molar-refractivity contribution in [1.82, 2.24) is 15.3 Å². The summed E-state index contributed by atoms with van der Waals surface area (Å²) >= 11 is 1.61. The van der Waals surface area contributed by atoms with Crippen molar-refractivity contribution in [1.29, 1.82) is 0 Å². The lowest BCUT2D eigenvalue weighted by Gasteiger charge is -2.18. The van der Waals surface area contributed by atoms with Crippen molar-refractivity contribution in [3.8, 4) is 0 Å². The van der Waals surface area contributed by atoms with E-state index in [-0.39, 0.29) is 17.9 Å². The number of hydrogen-bond acceptors (Lipinski definition) is 6. The van der Waals surface area contributed by atoms with Crippen molar-refractivity contribution in [3.63, 3.8) is 0 Å². The molecule has 24 heavy (non-hydrogen) atoms. The molecule has 124 valence electrons. The predicted molar refractivity (Wildman–Crippen MR) is 93.4 cm³/mol. The standard InChI is InChI=1S/C17H18N4O2S/c1-10-3-4-15(23-10)13-7-21(8-14(13)20-11(2)22)16-12-5-6-24-17(12)19-9-18-16/h3-6,9,13-14H,7-8H2,1-2H3,(H,20,22). The van der Waals surface area contributed by atoms with Crippen molar-refractivity contribution < 1.29 is 9.21 Å². The number of fused-ring (bicyclic) bond motifs is 1. The van der Waals surface area contributed by atoms with Gasteiger partial charge in [0.25, 0.3) is 0 Å². The van der Waals surface area contributed by atoms with Crippen molar-refractivity contribution >= 4 is 33.3 Å². The van der Waals surface area contributed by atoms with E-state index in [1.165, 1.54) is 0 Å². The van der Waals surface area contributed by atoms with Gasteiger partial charge in [0.1, 0.15) is 28.5 Å². The molecule has 1 aliphatic rings. The second kappa shape index (κ2) is 5.90. The largest absolute Gasteiger partial charge is 0.466 e. The molecule has 4 rings (SSSR count). The van der Waals surface area contributed by atoms with E-state index in [1.807, 2.05) is 30.5 Å². The molecule has 6 nitrogen and oxygen atoms in total. The maximum absolute atomic E-state index is 11.6. The normalized spacial score (nSPS) is 20.7. The van der Waals surface area contributed by atoms with E-state index in [0.29, 0.717) is 6.54 Å². The van der Waals surface area contributed by atoms with E-state index < -0.39 is 0 Å². The Hall–Kier alpha value is -2.41. The molecule has 1 N–H and O–H groups in total. The fourth-order valence-electron chi connectivity index (χ4n) is 3.35. The van der Waals surface area contributed by atoms with E-state index in [2.05, 4.69) is 20.2 Å². The lowest BCUT2D eigenvalue weighted by Crippen LogP contribution is -2.38. The first-order valence-corrected chi connectivity index (χ1v) is 8.76. The number of nitrogens with one attached hydrogen (secondary N) is 1. The maximum Gasteiger partial charge on any atom is 0.217 e. The van der Waals surface area contributed by atoms with E-state index >= 15 is 0 Å². The molecule has 1 fully saturated rings. The molecular weight excluding hydrogens is 324 g/mol. The van der Waals surface area contributed by atoms with Gasteiger partial charge in [-0.25, -0.2) is 9.97 Å². The van der Waals surface area contributed by atoms with Gasteiger partial charge < -0.3 is 14.6 Å². The summed E-state index contributed by atoms with van der Waals surface area (Å²) in [5.74, 6) is 2.78. The number of carbonyl (C=O) groups excluding carboxylic acids is 1. The van der Waals surface area contributed by atoms with Gasteiger partial charge in [0.05, 0.1) is 17.3 Å². The summed E-state index contributed by atoms with van der Waals surface area (Å²) in [5.41, 5.74) is 0. The van der Waals surface area contributed by atoms with Crippen LogP contribution in [0.3, 0.4) is 0 Å². The first kappa shape index (κ1) is 15.1. The van der Waals surface area contributed by atoms with Gasteiger partial charge in [0, 0.05) is 20.0 Å². The molecule has 7 heteroatoms. The number of nitrogens with zero attached hydrogens (tertiary/aromatic N) is 3. The average molecular weight is 342 g/mol. The van der Waals surface area contributed by atoms with Crippen molar-refractivity contribution in [3.05, 3.63) is 41.4 Å². The Labute approximate surface area is 143 Å².